The van der Waals surface area contributed by atoms with Gasteiger partial charge in [0.2, 0.25) is 0 Å². The van der Waals surface area contributed by atoms with E-state index < -0.39 is 0 Å². The molecular formula is C11H14ClN3O. The Hall–Kier alpha value is -0.870. The number of rotatable bonds is 1. The summed E-state index contributed by atoms with van der Waals surface area (Å²) in [6, 6.07) is 3.65. The second kappa shape index (κ2) is 3.86. The highest BCUT2D eigenvalue weighted by molar-refractivity contribution is 6.29. The molecule has 16 heavy (non-hydrogen) atoms. The van der Waals surface area contributed by atoms with Crippen molar-refractivity contribution in [1.82, 2.24) is 10.2 Å². The fourth-order valence-electron chi connectivity index (χ4n) is 2.90. The molecule has 2 heterocycles. The van der Waals surface area contributed by atoms with Crippen LogP contribution >= 0.6 is 11.6 Å². The topological polar surface area (TPSA) is 49.2 Å². The summed E-state index contributed by atoms with van der Waals surface area (Å²) in [5, 5.41) is 18.2. The number of nitrogens with zero attached hydrogens (tertiary/aromatic N) is 3. The van der Waals surface area contributed by atoms with Crippen LogP contribution in [-0.2, 0) is 0 Å². The Morgan fingerprint density at radius 1 is 1.25 bits per heavy atom. The lowest BCUT2D eigenvalue weighted by Gasteiger charge is -2.18. The molecule has 1 N–H and O–H groups in total. The number of halogens is 1. The van der Waals surface area contributed by atoms with Crippen molar-refractivity contribution in [3.8, 4) is 0 Å². The van der Waals surface area contributed by atoms with Crippen LogP contribution < -0.4 is 4.90 Å². The Morgan fingerprint density at radius 3 is 2.81 bits per heavy atom. The van der Waals surface area contributed by atoms with Crippen molar-refractivity contribution in [2.24, 2.45) is 11.8 Å². The van der Waals surface area contributed by atoms with Crippen molar-refractivity contribution in [3.05, 3.63) is 17.3 Å². The Morgan fingerprint density at radius 2 is 2.12 bits per heavy atom. The summed E-state index contributed by atoms with van der Waals surface area (Å²) >= 11 is 5.71. The molecule has 86 valence electrons. The van der Waals surface area contributed by atoms with Crippen LogP contribution in [0.2, 0.25) is 5.15 Å². The molecule has 4 nitrogen and oxygen atoms in total. The number of aromatic nitrogens is 2. The van der Waals surface area contributed by atoms with E-state index in [4.69, 9.17) is 11.6 Å². The zero-order valence-corrected chi connectivity index (χ0v) is 9.64. The lowest BCUT2D eigenvalue weighted by Crippen LogP contribution is -2.25. The molecule has 3 atom stereocenters. The van der Waals surface area contributed by atoms with Crippen LogP contribution in [0.3, 0.4) is 0 Å². The van der Waals surface area contributed by atoms with E-state index in [0.717, 1.165) is 31.7 Å². The van der Waals surface area contributed by atoms with Crippen LogP contribution in [0.1, 0.15) is 12.8 Å². The third kappa shape index (κ3) is 1.66. The van der Waals surface area contributed by atoms with Gasteiger partial charge in [-0.2, -0.15) is 0 Å². The SMILES string of the molecule is OC1CCC2CN(c3ccc(Cl)nn3)CC12. The molecule has 3 rings (SSSR count). The number of anilines is 1. The van der Waals surface area contributed by atoms with E-state index in [9.17, 15) is 5.11 Å². The molecule has 3 unspecified atom stereocenters. The minimum atomic E-state index is -0.129. The summed E-state index contributed by atoms with van der Waals surface area (Å²) in [6.07, 6.45) is 1.95. The van der Waals surface area contributed by atoms with Gasteiger partial charge in [0.05, 0.1) is 6.10 Å². The highest BCUT2D eigenvalue weighted by Crippen LogP contribution is 2.39. The molecule has 2 aliphatic rings. The first kappa shape index (κ1) is 10.3. The maximum Gasteiger partial charge on any atom is 0.151 e. The number of aliphatic hydroxyl groups is 1. The molecular weight excluding hydrogens is 226 g/mol. The lowest BCUT2D eigenvalue weighted by atomic mass is 10.00. The summed E-state index contributed by atoms with van der Waals surface area (Å²) in [6.45, 7) is 1.88. The van der Waals surface area contributed by atoms with Gasteiger partial charge in [0.15, 0.2) is 11.0 Å². The lowest BCUT2D eigenvalue weighted by molar-refractivity contribution is 0.133. The first-order valence-corrected chi connectivity index (χ1v) is 6.04. The smallest absolute Gasteiger partial charge is 0.151 e. The van der Waals surface area contributed by atoms with Crippen LogP contribution in [0.5, 0.6) is 0 Å². The molecule has 1 aliphatic heterocycles. The average Bonchev–Trinajstić information content (AvgIpc) is 2.83. The van der Waals surface area contributed by atoms with Gasteiger partial charge in [-0.05, 0) is 30.9 Å². The second-order valence-electron chi connectivity index (χ2n) is 4.69. The van der Waals surface area contributed by atoms with Crippen molar-refractivity contribution in [2.75, 3.05) is 18.0 Å². The van der Waals surface area contributed by atoms with E-state index in [-0.39, 0.29) is 6.10 Å². The molecule has 1 saturated heterocycles. The molecule has 1 aromatic heterocycles. The Balaban J connectivity index is 1.76. The van der Waals surface area contributed by atoms with Gasteiger partial charge in [-0.25, -0.2) is 0 Å². The molecule has 2 fully saturated rings. The number of aliphatic hydroxyl groups excluding tert-OH is 1. The molecule has 0 spiro atoms. The van der Waals surface area contributed by atoms with Gasteiger partial charge in [-0.15, -0.1) is 10.2 Å². The largest absolute Gasteiger partial charge is 0.393 e. The quantitative estimate of drug-likeness (QED) is 0.804. The van der Waals surface area contributed by atoms with E-state index in [2.05, 4.69) is 15.1 Å². The van der Waals surface area contributed by atoms with Gasteiger partial charge in [-0.3, -0.25) is 0 Å². The van der Waals surface area contributed by atoms with Gasteiger partial charge >= 0.3 is 0 Å². The average molecular weight is 240 g/mol. The van der Waals surface area contributed by atoms with Crippen LogP contribution in [-0.4, -0.2) is 34.5 Å². The van der Waals surface area contributed by atoms with Crippen LogP contribution in [0.25, 0.3) is 0 Å². The summed E-state index contributed by atoms with van der Waals surface area (Å²) in [4.78, 5) is 2.20. The molecule has 1 aliphatic carbocycles. The van der Waals surface area contributed by atoms with Crippen molar-refractivity contribution in [2.45, 2.75) is 18.9 Å². The molecule has 1 aromatic rings. The zero-order valence-electron chi connectivity index (χ0n) is 8.88. The van der Waals surface area contributed by atoms with Crippen molar-refractivity contribution in [3.63, 3.8) is 0 Å². The van der Waals surface area contributed by atoms with Crippen molar-refractivity contribution < 1.29 is 5.11 Å². The fourth-order valence-corrected chi connectivity index (χ4v) is 3.00. The molecule has 5 heteroatoms. The maximum absolute atomic E-state index is 9.82. The minimum absolute atomic E-state index is 0.129. The van der Waals surface area contributed by atoms with Gasteiger partial charge in [0.25, 0.3) is 0 Å². The van der Waals surface area contributed by atoms with Crippen LogP contribution in [0, 0.1) is 11.8 Å². The van der Waals surface area contributed by atoms with E-state index in [1.807, 2.05) is 6.07 Å². The van der Waals surface area contributed by atoms with Gasteiger partial charge < -0.3 is 10.0 Å². The Labute approximate surface area is 99.2 Å². The first-order chi connectivity index (χ1) is 7.74. The predicted molar refractivity (Wildman–Crippen MR) is 61.5 cm³/mol. The van der Waals surface area contributed by atoms with E-state index in [1.54, 1.807) is 6.07 Å². The fraction of sp³-hybridized carbons (Fsp3) is 0.636. The summed E-state index contributed by atoms with van der Waals surface area (Å²) in [5.74, 6) is 1.90. The Bertz CT molecular complexity index is 383. The molecule has 0 aromatic carbocycles. The minimum Gasteiger partial charge on any atom is -0.393 e. The van der Waals surface area contributed by atoms with E-state index >= 15 is 0 Å². The highest BCUT2D eigenvalue weighted by Gasteiger charge is 2.42. The van der Waals surface area contributed by atoms with Crippen LogP contribution in [0.4, 0.5) is 5.82 Å². The third-order valence-electron chi connectivity index (χ3n) is 3.76. The van der Waals surface area contributed by atoms with Crippen LogP contribution in [0.15, 0.2) is 12.1 Å². The van der Waals surface area contributed by atoms with E-state index in [0.29, 0.717) is 17.0 Å². The van der Waals surface area contributed by atoms with Gasteiger partial charge in [0, 0.05) is 19.0 Å². The monoisotopic (exact) mass is 239 g/mol. The molecule has 1 saturated carbocycles. The highest BCUT2D eigenvalue weighted by atomic mass is 35.5. The molecule has 0 bridgehead atoms. The second-order valence-corrected chi connectivity index (χ2v) is 5.08. The standard InChI is InChI=1S/C11H14ClN3O/c12-10-3-4-11(14-13-10)15-5-7-1-2-9(16)8(7)6-15/h3-4,7-9,16H,1-2,5-6H2. The predicted octanol–water partition coefficient (Wildman–Crippen LogP) is 1.34. The summed E-state index contributed by atoms with van der Waals surface area (Å²) in [7, 11) is 0. The third-order valence-corrected chi connectivity index (χ3v) is 3.96. The van der Waals surface area contributed by atoms with Crippen molar-refractivity contribution >= 4 is 17.4 Å². The van der Waals surface area contributed by atoms with Gasteiger partial charge in [-0.1, -0.05) is 11.6 Å². The first-order valence-electron chi connectivity index (χ1n) is 5.66. The molecule has 0 radical (unpaired) electrons. The van der Waals surface area contributed by atoms with Crippen molar-refractivity contribution in [1.29, 1.82) is 0 Å². The normalized spacial score (nSPS) is 33.1. The number of fused-ring (bicyclic) bond motifs is 1. The summed E-state index contributed by atoms with van der Waals surface area (Å²) in [5.41, 5.74) is 0. The number of hydrogen-bond donors (Lipinski definition) is 1. The van der Waals surface area contributed by atoms with Gasteiger partial charge in [0.1, 0.15) is 0 Å². The molecule has 0 amide bonds. The van der Waals surface area contributed by atoms with E-state index in [1.165, 1.54) is 0 Å². The number of hydrogen-bond acceptors (Lipinski definition) is 4. The Kier molecular flexibility index (Phi) is 2.48. The zero-order chi connectivity index (χ0) is 11.1. The summed E-state index contributed by atoms with van der Waals surface area (Å²) < 4.78 is 0. The maximum atomic E-state index is 9.82.